The number of fused-ring (bicyclic) bond motifs is 4. The highest BCUT2D eigenvalue weighted by atomic mass is 16.5. The number of aromatic nitrogens is 1. The summed E-state index contributed by atoms with van der Waals surface area (Å²) in [6.45, 7) is 0.315. The standard InChI is InChI=1S/C13H14N2O5/c16-7-4-14-5-9-15(6-2-1-3-8(6)20-9)13(19)10(14)12(18)11(7)17/h4,6,8-9,16,18H,1-3,5H2/t6-,8+,9+/m1/s1. The molecule has 7 nitrogen and oxygen atoms in total. The molecule has 0 spiro atoms. The van der Waals surface area contributed by atoms with E-state index in [1.807, 2.05) is 0 Å². The number of hydrogen-bond acceptors (Lipinski definition) is 5. The number of carbonyl (C=O) groups is 1. The Kier molecular flexibility index (Phi) is 2.21. The Bertz CT molecular complexity index is 667. The summed E-state index contributed by atoms with van der Waals surface area (Å²) in [4.78, 5) is 25.8. The second kappa shape index (κ2) is 3.76. The van der Waals surface area contributed by atoms with E-state index in [0.29, 0.717) is 6.54 Å². The third-order valence-corrected chi connectivity index (χ3v) is 4.44. The molecule has 3 atom stereocenters. The molecule has 0 unspecified atom stereocenters. The summed E-state index contributed by atoms with van der Waals surface area (Å²) in [6, 6.07) is 0.0320. The van der Waals surface area contributed by atoms with Crippen LogP contribution in [-0.2, 0) is 11.3 Å². The van der Waals surface area contributed by atoms with E-state index in [9.17, 15) is 19.8 Å². The Morgan fingerprint density at radius 1 is 1.25 bits per heavy atom. The molecule has 2 fully saturated rings. The number of aromatic hydroxyl groups is 2. The average molecular weight is 278 g/mol. The van der Waals surface area contributed by atoms with Crippen LogP contribution in [0.1, 0.15) is 29.8 Å². The molecule has 2 aliphatic heterocycles. The quantitative estimate of drug-likeness (QED) is 0.696. The van der Waals surface area contributed by atoms with E-state index in [-0.39, 0.29) is 24.1 Å². The Labute approximate surface area is 114 Å². The minimum Gasteiger partial charge on any atom is -0.503 e. The summed E-state index contributed by atoms with van der Waals surface area (Å²) in [7, 11) is 0. The monoisotopic (exact) mass is 278 g/mol. The molecule has 0 aromatic carbocycles. The number of hydrogen-bond donors (Lipinski definition) is 2. The zero-order chi connectivity index (χ0) is 14.0. The minimum absolute atomic E-state index is 0.0320. The molecule has 2 N–H and O–H groups in total. The lowest BCUT2D eigenvalue weighted by molar-refractivity contribution is -0.0179. The highest BCUT2D eigenvalue weighted by molar-refractivity contribution is 5.96. The van der Waals surface area contributed by atoms with Gasteiger partial charge in [-0.15, -0.1) is 0 Å². The van der Waals surface area contributed by atoms with E-state index in [1.165, 1.54) is 10.8 Å². The van der Waals surface area contributed by atoms with Crippen molar-refractivity contribution < 1.29 is 19.7 Å². The maximum atomic E-state index is 12.6. The van der Waals surface area contributed by atoms with Crippen LogP contribution < -0.4 is 5.43 Å². The molecule has 106 valence electrons. The van der Waals surface area contributed by atoms with Crippen molar-refractivity contribution in [3.05, 3.63) is 22.1 Å². The first-order chi connectivity index (χ1) is 9.58. The van der Waals surface area contributed by atoms with Crippen LogP contribution in [0, 0.1) is 0 Å². The zero-order valence-corrected chi connectivity index (χ0v) is 10.7. The van der Waals surface area contributed by atoms with E-state index in [1.54, 1.807) is 4.90 Å². The van der Waals surface area contributed by atoms with Crippen LogP contribution in [0.2, 0.25) is 0 Å². The van der Waals surface area contributed by atoms with Crippen molar-refractivity contribution in [1.29, 1.82) is 0 Å². The number of rotatable bonds is 0. The van der Waals surface area contributed by atoms with Crippen LogP contribution in [0.4, 0.5) is 0 Å². The number of nitrogens with zero attached hydrogens (tertiary/aromatic N) is 2. The smallest absolute Gasteiger partial charge is 0.276 e. The predicted molar refractivity (Wildman–Crippen MR) is 66.5 cm³/mol. The van der Waals surface area contributed by atoms with Gasteiger partial charge in [-0.1, -0.05) is 0 Å². The van der Waals surface area contributed by atoms with Gasteiger partial charge in [-0.3, -0.25) is 9.59 Å². The summed E-state index contributed by atoms with van der Waals surface area (Å²) >= 11 is 0. The van der Waals surface area contributed by atoms with Gasteiger partial charge in [0.2, 0.25) is 0 Å². The molecule has 3 heterocycles. The molecule has 20 heavy (non-hydrogen) atoms. The summed E-state index contributed by atoms with van der Waals surface area (Å²) in [6.07, 6.45) is 3.67. The molecule has 1 saturated heterocycles. The van der Waals surface area contributed by atoms with Crippen LogP contribution in [0.5, 0.6) is 11.5 Å². The Morgan fingerprint density at radius 3 is 2.85 bits per heavy atom. The second-order valence-corrected chi connectivity index (χ2v) is 5.53. The normalized spacial score (nSPS) is 31.1. The second-order valence-electron chi connectivity index (χ2n) is 5.53. The maximum Gasteiger partial charge on any atom is 0.276 e. The first-order valence-corrected chi connectivity index (χ1v) is 6.71. The van der Waals surface area contributed by atoms with Crippen molar-refractivity contribution in [2.45, 2.75) is 44.2 Å². The van der Waals surface area contributed by atoms with E-state index < -0.39 is 22.8 Å². The van der Waals surface area contributed by atoms with Crippen molar-refractivity contribution in [2.24, 2.45) is 0 Å². The third kappa shape index (κ3) is 1.33. The lowest BCUT2D eigenvalue weighted by Crippen LogP contribution is -2.49. The van der Waals surface area contributed by atoms with Gasteiger partial charge in [0.1, 0.15) is 0 Å². The summed E-state index contributed by atoms with van der Waals surface area (Å²) < 4.78 is 7.27. The maximum absolute atomic E-state index is 12.6. The van der Waals surface area contributed by atoms with Gasteiger partial charge in [0.15, 0.2) is 23.4 Å². The molecule has 1 aromatic heterocycles. The summed E-state index contributed by atoms with van der Waals surface area (Å²) in [5, 5.41) is 19.4. The Morgan fingerprint density at radius 2 is 2.05 bits per heavy atom. The molecule has 1 aromatic rings. The summed E-state index contributed by atoms with van der Waals surface area (Å²) in [5.74, 6) is -1.65. The largest absolute Gasteiger partial charge is 0.503 e. The number of pyridine rings is 1. The van der Waals surface area contributed by atoms with Crippen LogP contribution in [-0.4, -0.2) is 44.0 Å². The highest BCUT2D eigenvalue weighted by Crippen LogP contribution is 2.39. The molecule has 1 saturated carbocycles. The molecular weight excluding hydrogens is 264 g/mol. The molecule has 3 aliphatic rings. The Balaban J connectivity index is 1.85. The number of amides is 1. The van der Waals surface area contributed by atoms with Gasteiger partial charge in [0.25, 0.3) is 11.3 Å². The first-order valence-electron chi connectivity index (χ1n) is 6.71. The first kappa shape index (κ1) is 11.8. The summed E-state index contributed by atoms with van der Waals surface area (Å²) in [5.41, 5.74) is -0.966. The van der Waals surface area contributed by atoms with Crippen molar-refractivity contribution in [3.63, 3.8) is 0 Å². The minimum atomic E-state index is -0.911. The SMILES string of the molecule is O=C1c2c(O)c(=O)c(O)cn2C[C@@H]2O[C@H]3CCC[C@H]3N12. The van der Waals surface area contributed by atoms with E-state index >= 15 is 0 Å². The van der Waals surface area contributed by atoms with Crippen molar-refractivity contribution in [3.8, 4) is 11.5 Å². The van der Waals surface area contributed by atoms with Crippen LogP contribution in [0.15, 0.2) is 11.0 Å². The van der Waals surface area contributed by atoms with Crippen molar-refractivity contribution in [2.75, 3.05) is 0 Å². The molecule has 4 rings (SSSR count). The van der Waals surface area contributed by atoms with Gasteiger partial charge in [-0.05, 0) is 19.3 Å². The highest BCUT2D eigenvalue weighted by Gasteiger charge is 2.50. The fourth-order valence-electron chi connectivity index (χ4n) is 3.57. The van der Waals surface area contributed by atoms with Gasteiger partial charge in [-0.25, -0.2) is 0 Å². The fraction of sp³-hybridized carbons (Fsp3) is 0.538. The number of ether oxygens (including phenoxy) is 1. The van der Waals surface area contributed by atoms with Gasteiger partial charge < -0.3 is 24.4 Å². The van der Waals surface area contributed by atoms with Crippen LogP contribution >= 0.6 is 0 Å². The Hall–Kier alpha value is -2.02. The lowest BCUT2D eigenvalue weighted by atomic mass is 10.1. The molecule has 0 bridgehead atoms. The van der Waals surface area contributed by atoms with Crippen LogP contribution in [0.25, 0.3) is 0 Å². The molecule has 1 amide bonds. The van der Waals surface area contributed by atoms with E-state index in [0.717, 1.165) is 19.3 Å². The lowest BCUT2D eigenvalue weighted by Gasteiger charge is -2.34. The predicted octanol–water partition coefficient (Wildman–Crippen LogP) is -0.00730. The van der Waals surface area contributed by atoms with Gasteiger partial charge >= 0.3 is 0 Å². The fourth-order valence-corrected chi connectivity index (χ4v) is 3.57. The molecule has 7 heteroatoms. The van der Waals surface area contributed by atoms with Crippen LogP contribution in [0.3, 0.4) is 0 Å². The third-order valence-electron chi connectivity index (χ3n) is 4.44. The van der Waals surface area contributed by atoms with E-state index in [4.69, 9.17) is 4.74 Å². The van der Waals surface area contributed by atoms with Gasteiger partial charge in [0, 0.05) is 0 Å². The van der Waals surface area contributed by atoms with E-state index in [2.05, 4.69) is 0 Å². The molecular formula is C13H14N2O5. The van der Waals surface area contributed by atoms with Gasteiger partial charge in [-0.2, -0.15) is 0 Å². The molecule has 1 aliphatic carbocycles. The zero-order valence-electron chi connectivity index (χ0n) is 10.7. The van der Waals surface area contributed by atoms with Gasteiger partial charge in [0.05, 0.1) is 24.9 Å². The van der Waals surface area contributed by atoms with Crippen molar-refractivity contribution >= 4 is 5.91 Å². The average Bonchev–Trinajstić information content (AvgIpc) is 2.95. The topological polar surface area (TPSA) is 92.0 Å². The van der Waals surface area contributed by atoms with Crippen molar-refractivity contribution in [1.82, 2.24) is 9.47 Å². The molecule has 0 radical (unpaired) electrons. The number of carbonyl (C=O) groups excluding carboxylic acids is 1.